The highest BCUT2D eigenvalue weighted by Crippen LogP contribution is 2.31. The summed E-state index contributed by atoms with van der Waals surface area (Å²) in [6.07, 6.45) is -0.744. The minimum Gasteiger partial charge on any atom is -0.439 e. The van der Waals surface area contributed by atoms with E-state index in [9.17, 15) is 9.18 Å². The lowest BCUT2D eigenvalue weighted by molar-refractivity contribution is 0.141. The first-order valence-corrected chi connectivity index (χ1v) is 6.03. The molecule has 0 saturated carbocycles. The number of nitrogens with one attached hydrogen (secondary N) is 1. The Morgan fingerprint density at radius 3 is 2.74 bits per heavy atom. The first-order valence-electron chi connectivity index (χ1n) is 6.03. The van der Waals surface area contributed by atoms with Crippen LogP contribution in [0.2, 0.25) is 0 Å². The lowest BCUT2D eigenvalue weighted by Gasteiger charge is -2.14. The summed E-state index contributed by atoms with van der Waals surface area (Å²) in [5, 5.41) is 2.62. The number of carbonyl (C=O) groups excluding carboxylic acids is 1. The molecule has 0 radical (unpaired) electrons. The molecule has 1 N–H and O–H groups in total. The molecule has 1 aliphatic rings. The van der Waals surface area contributed by atoms with E-state index in [-0.39, 0.29) is 11.9 Å². The van der Waals surface area contributed by atoms with E-state index < -0.39 is 6.09 Å². The normalized spacial score (nSPS) is 17.9. The Hall–Kier alpha value is -2.36. The molecule has 0 aliphatic carbocycles. The highest BCUT2D eigenvalue weighted by molar-refractivity contribution is 5.72. The third-order valence-electron chi connectivity index (χ3n) is 3.12. The van der Waals surface area contributed by atoms with Gasteiger partial charge in [0.2, 0.25) is 0 Å². The smallest absolute Gasteiger partial charge is 0.407 e. The van der Waals surface area contributed by atoms with Crippen molar-refractivity contribution in [2.24, 2.45) is 0 Å². The summed E-state index contributed by atoms with van der Waals surface area (Å²) in [5.41, 5.74) is 2.54. The van der Waals surface area contributed by atoms with E-state index in [0.29, 0.717) is 6.54 Å². The van der Waals surface area contributed by atoms with Crippen molar-refractivity contribution in [3.05, 3.63) is 59.9 Å². The van der Waals surface area contributed by atoms with Gasteiger partial charge < -0.3 is 10.1 Å². The molecule has 19 heavy (non-hydrogen) atoms. The molecule has 1 fully saturated rings. The molecule has 0 bridgehead atoms. The molecule has 3 nitrogen and oxygen atoms in total. The predicted molar refractivity (Wildman–Crippen MR) is 69.1 cm³/mol. The molecular formula is C15H12FNO2. The Morgan fingerprint density at radius 2 is 2.00 bits per heavy atom. The van der Waals surface area contributed by atoms with Gasteiger partial charge in [-0.2, -0.15) is 0 Å². The van der Waals surface area contributed by atoms with Crippen LogP contribution in [0.4, 0.5) is 9.18 Å². The summed E-state index contributed by atoms with van der Waals surface area (Å²) in [4.78, 5) is 11.1. The zero-order valence-corrected chi connectivity index (χ0v) is 10.1. The average Bonchev–Trinajstić information content (AvgIpc) is 2.85. The van der Waals surface area contributed by atoms with Crippen molar-refractivity contribution in [3.63, 3.8) is 0 Å². The largest absolute Gasteiger partial charge is 0.439 e. The second-order valence-corrected chi connectivity index (χ2v) is 4.37. The van der Waals surface area contributed by atoms with Crippen molar-refractivity contribution in [1.29, 1.82) is 0 Å². The van der Waals surface area contributed by atoms with Gasteiger partial charge >= 0.3 is 6.09 Å². The van der Waals surface area contributed by atoms with Crippen LogP contribution >= 0.6 is 0 Å². The SMILES string of the molecule is O=C1NCC(c2ccccc2-c2cccc(F)c2)O1. The molecule has 3 rings (SSSR count). The first kappa shape index (κ1) is 11.7. The summed E-state index contributed by atoms with van der Waals surface area (Å²) in [7, 11) is 0. The van der Waals surface area contributed by atoms with Gasteiger partial charge in [0.25, 0.3) is 0 Å². The fourth-order valence-corrected chi connectivity index (χ4v) is 2.26. The fourth-order valence-electron chi connectivity index (χ4n) is 2.26. The Labute approximate surface area is 110 Å². The van der Waals surface area contributed by atoms with Crippen LogP contribution in [0.25, 0.3) is 11.1 Å². The van der Waals surface area contributed by atoms with Gasteiger partial charge in [-0.15, -0.1) is 0 Å². The number of cyclic esters (lactones) is 1. The van der Waals surface area contributed by atoms with Crippen molar-refractivity contribution in [1.82, 2.24) is 5.32 Å². The summed E-state index contributed by atoms with van der Waals surface area (Å²) >= 11 is 0. The number of benzene rings is 2. The van der Waals surface area contributed by atoms with E-state index in [2.05, 4.69) is 5.32 Å². The molecule has 1 amide bonds. The molecule has 1 atom stereocenters. The Morgan fingerprint density at radius 1 is 1.16 bits per heavy atom. The molecule has 4 heteroatoms. The fraction of sp³-hybridized carbons (Fsp3) is 0.133. The van der Waals surface area contributed by atoms with E-state index in [1.807, 2.05) is 30.3 Å². The van der Waals surface area contributed by atoms with Gasteiger partial charge in [-0.1, -0.05) is 36.4 Å². The van der Waals surface area contributed by atoms with Crippen molar-refractivity contribution >= 4 is 6.09 Å². The van der Waals surface area contributed by atoms with Gasteiger partial charge in [-0.25, -0.2) is 9.18 Å². The maximum Gasteiger partial charge on any atom is 0.407 e. The number of halogens is 1. The van der Waals surface area contributed by atoms with Gasteiger partial charge in [0.15, 0.2) is 0 Å². The summed E-state index contributed by atoms with van der Waals surface area (Å²) in [6, 6.07) is 13.9. The molecule has 1 unspecified atom stereocenters. The average molecular weight is 257 g/mol. The number of carbonyl (C=O) groups is 1. The Bertz CT molecular complexity index is 627. The van der Waals surface area contributed by atoms with Gasteiger partial charge in [0, 0.05) is 5.56 Å². The van der Waals surface area contributed by atoms with Gasteiger partial charge in [0.1, 0.15) is 11.9 Å². The van der Waals surface area contributed by atoms with E-state index in [4.69, 9.17) is 4.74 Å². The lowest BCUT2D eigenvalue weighted by Crippen LogP contribution is -2.12. The van der Waals surface area contributed by atoms with Gasteiger partial charge in [-0.05, 0) is 23.3 Å². The molecular weight excluding hydrogens is 245 g/mol. The molecule has 1 aliphatic heterocycles. The van der Waals surface area contributed by atoms with Crippen LogP contribution < -0.4 is 5.32 Å². The third-order valence-corrected chi connectivity index (χ3v) is 3.12. The topological polar surface area (TPSA) is 38.3 Å². The monoisotopic (exact) mass is 257 g/mol. The molecule has 2 aromatic rings. The van der Waals surface area contributed by atoms with E-state index in [1.165, 1.54) is 12.1 Å². The minimum atomic E-state index is -0.418. The molecule has 2 aromatic carbocycles. The summed E-state index contributed by atoms with van der Waals surface area (Å²) in [5.74, 6) is -0.283. The first-order chi connectivity index (χ1) is 9.24. The molecule has 96 valence electrons. The third kappa shape index (κ3) is 2.29. The van der Waals surface area contributed by atoms with Gasteiger partial charge in [0.05, 0.1) is 6.54 Å². The van der Waals surface area contributed by atoms with Crippen molar-refractivity contribution in [2.75, 3.05) is 6.54 Å². The van der Waals surface area contributed by atoms with Crippen molar-refractivity contribution < 1.29 is 13.9 Å². The Balaban J connectivity index is 2.04. The van der Waals surface area contributed by atoms with Crippen LogP contribution in [-0.2, 0) is 4.74 Å². The Kier molecular flexibility index (Phi) is 2.91. The van der Waals surface area contributed by atoms with Crippen LogP contribution in [0.15, 0.2) is 48.5 Å². The number of ether oxygens (including phenoxy) is 1. The molecule has 1 heterocycles. The predicted octanol–water partition coefficient (Wildman–Crippen LogP) is 3.27. The van der Waals surface area contributed by atoms with Crippen molar-refractivity contribution in [3.8, 4) is 11.1 Å². The van der Waals surface area contributed by atoms with E-state index in [0.717, 1.165) is 16.7 Å². The second-order valence-electron chi connectivity index (χ2n) is 4.37. The standard InChI is InChI=1S/C15H12FNO2/c16-11-5-3-4-10(8-11)12-6-1-2-7-13(12)14-9-17-15(18)19-14/h1-8,14H,9H2,(H,17,18). The van der Waals surface area contributed by atoms with E-state index in [1.54, 1.807) is 6.07 Å². The second kappa shape index (κ2) is 4.72. The highest BCUT2D eigenvalue weighted by Gasteiger charge is 2.26. The summed E-state index contributed by atoms with van der Waals surface area (Å²) in [6.45, 7) is 0.436. The van der Waals surface area contributed by atoms with Crippen LogP contribution in [0.1, 0.15) is 11.7 Å². The van der Waals surface area contributed by atoms with Crippen LogP contribution in [0, 0.1) is 5.82 Å². The molecule has 1 saturated heterocycles. The number of amides is 1. The number of rotatable bonds is 2. The highest BCUT2D eigenvalue weighted by atomic mass is 19.1. The van der Waals surface area contributed by atoms with Crippen LogP contribution in [0.3, 0.4) is 0 Å². The number of alkyl carbamates (subject to hydrolysis) is 1. The number of hydrogen-bond donors (Lipinski definition) is 1. The maximum atomic E-state index is 13.3. The van der Waals surface area contributed by atoms with Crippen LogP contribution in [0.5, 0.6) is 0 Å². The number of hydrogen-bond acceptors (Lipinski definition) is 2. The quantitative estimate of drug-likeness (QED) is 0.896. The maximum absolute atomic E-state index is 13.3. The minimum absolute atomic E-state index is 0.283. The lowest BCUT2D eigenvalue weighted by atomic mass is 9.96. The zero-order chi connectivity index (χ0) is 13.2. The van der Waals surface area contributed by atoms with Crippen LogP contribution in [-0.4, -0.2) is 12.6 Å². The summed E-state index contributed by atoms with van der Waals surface area (Å²) < 4.78 is 18.5. The zero-order valence-electron chi connectivity index (χ0n) is 10.1. The van der Waals surface area contributed by atoms with Crippen molar-refractivity contribution in [2.45, 2.75) is 6.10 Å². The molecule has 0 spiro atoms. The van der Waals surface area contributed by atoms with E-state index >= 15 is 0 Å². The van der Waals surface area contributed by atoms with Gasteiger partial charge in [-0.3, -0.25) is 0 Å². The molecule has 0 aromatic heterocycles.